The van der Waals surface area contributed by atoms with Crippen molar-refractivity contribution in [2.75, 3.05) is 0 Å². The zero-order chi connectivity index (χ0) is 11.7. The average Bonchev–Trinajstić information content (AvgIpc) is 2.71. The highest BCUT2D eigenvalue weighted by atomic mass is 35.5. The van der Waals surface area contributed by atoms with Gasteiger partial charge in [0.15, 0.2) is 5.76 Å². The molecule has 0 fully saturated rings. The van der Waals surface area contributed by atoms with E-state index < -0.39 is 5.91 Å². The summed E-state index contributed by atoms with van der Waals surface area (Å²) in [7, 11) is 0. The average molecular weight is 236 g/mol. The van der Waals surface area contributed by atoms with Crippen LogP contribution >= 0.6 is 11.6 Å². The summed E-state index contributed by atoms with van der Waals surface area (Å²) in [6, 6.07) is 8.81. The minimum Gasteiger partial charge on any atom is -0.451 e. The van der Waals surface area contributed by atoms with Crippen LogP contribution in [0.3, 0.4) is 0 Å². The Labute approximate surface area is 97.8 Å². The molecule has 1 heterocycles. The van der Waals surface area contributed by atoms with Crippen molar-refractivity contribution in [2.24, 2.45) is 5.73 Å². The van der Waals surface area contributed by atoms with Crippen LogP contribution in [0.2, 0.25) is 5.02 Å². The lowest BCUT2D eigenvalue weighted by Gasteiger charge is -2.00. The third-order valence-electron chi connectivity index (χ3n) is 2.31. The van der Waals surface area contributed by atoms with Crippen LogP contribution in [-0.4, -0.2) is 5.91 Å². The van der Waals surface area contributed by atoms with Crippen molar-refractivity contribution in [1.82, 2.24) is 0 Å². The van der Waals surface area contributed by atoms with E-state index in [1.165, 1.54) is 0 Å². The normalized spacial score (nSPS) is 10.4. The Morgan fingerprint density at radius 1 is 1.31 bits per heavy atom. The summed E-state index contributed by atoms with van der Waals surface area (Å²) >= 11 is 6.00. The van der Waals surface area contributed by atoms with Gasteiger partial charge in [0.1, 0.15) is 5.76 Å². The minimum absolute atomic E-state index is 0.145. The number of hydrogen-bond acceptors (Lipinski definition) is 2. The molecule has 0 aliphatic rings. The maximum absolute atomic E-state index is 10.9. The van der Waals surface area contributed by atoms with E-state index in [2.05, 4.69) is 0 Å². The van der Waals surface area contributed by atoms with Crippen LogP contribution in [0.1, 0.15) is 16.1 Å². The maximum atomic E-state index is 10.9. The number of halogens is 1. The minimum atomic E-state index is -0.579. The molecule has 4 heteroatoms. The number of nitrogens with two attached hydrogens (primary N) is 1. The van der Waals surface area contributed by atoms with Gasteiger partial charge in [-0.2, -0.15) is 0 Å². The number of aryl methyl sites for hydroxylation is 1. The van der Waals surface area contributed by atoms with Crippen LogP contribution in [0.4, 0.5) is 0 Å². The van der Waals surface area contributed by atoms with E-state index in [0.29, 0.717) is 10.8 Å². The van der Waals surface area contributed by atoms with Gasteiger partial charge in [0.25, 0.3) is 5.91 Å². The SMILES string of the molecule is Cc1ccc(-c2ccc(C(N)=O)o2)cc1Cl. The van der Waals surface area contributed by atoms with Crippen LogP contribution in [0.15, 0.2) is 34.7 Å². The van der Waals surface area contributed by atoms with E-state index in [1.54, 1.807) is 18.2 Å². The summed E-state index contributed by atoms with van der Waals surface area (Å²) in [6.07, 6.45) is 0. The maximum Gasteiger partial charge on any atom is 0.284 e. The molecule has 0 spiro atoms. The van der Waals surface area contributed by atoms with Crippen molar-refractivity contribution in [3.8, 4) is 11.3 Å². The standard InChI is InChI=1S/C12H10ClNO2/c1-7-2-3-8(6-9(7)13)10-4-5-11(16-10)12(14)15/h2-6H,1H3,(H2,14,15). The molecule has 0 radical (unpaired) electrons. The smallest absolute Gasteiger partial charge is 0.284 e. The molecular formula is C12H10ClNO2. The predicted molar refractivity (Wildman–Crippen MR) is 62.4 cm³/mol. The van der Waals surface area contributed by atoms with Crippen molar-refractivity contribution < 1.29 is 9.21 Å². The Kier molecular flexibility index (Phi) is 2.71. The zero-order valence-electron chi connectivity index (χ0n) is 8.66. The number of benzene rings is 1. The van der Waals surface area contributed by atoms with Crippen LogP contribution in [0.5, 0.6) is 0 Å². The number of amides is 1. The Balaban J connectivity index is 2.42. The summed E-state index contributed by atoms with van der Waals surface area (Å²) in [5, 5.41) is 0.662. The summed E-state index contributed by atoms with van der Waals surface area (Å²) in [5.74, 6) is 0.145. The predicted octanol–water partition coefficient (Wildman–Crippen LogP) is 3.01. The van der Waals surface area contributed by atoms with Gasteiger partial charge >= 0.3 is 0 Å². The Morgan fingerprint density at radius 2 is 2.06 bits per heavy atom. The number of rotatable bonds is 2. The number of carbonyl (C=O) groups excluding carboxylic acids is 1. The molecule has 0 atom stereocenters. The molecule has 2 rings (SSSR count). The quantitative estimate of drug-likeness (QED) is 0.870. The highest BCUT2D eigenvalue weighted by Crippen LogP contribution is 2.26. The summed E-state index contributed by atoms with van der Waals surface area (Å²) in [5.41, 5.74) is 6.92. The molecule has 82 valence electrons. The first kappa shape index (κ1) is 10.8. The molecule has 1 amide bonds. The van der Waals surface area contributed by atoms with E-state index in [1.807, 2.05) is 19.1 Å². The first-order valence-corrected chi connectivity index (χ1v) is 5.12. The van der Waals surface area contributed by atoms with Crippen molar-refractivity contribution in [3.05, 3.63) is 46.7 Å². The first-order chi connectivity index (χ1) is 7.58. The van der Waals surface area contributed by atoms with Crippen LogP contribution in [0, 0.1) is 6.92 Å². The lowest BCUT2D eigenvalue weighted by molar-refractivity contribution is 0.0974. The Morgan fingerprint density at radius 3 is 2.62 bits per heavy atom. The van der Waals surface area contributed by atoms with Gasteiger partial charge in [0.2, 0.25) is 0 Å². The van der Waals surface area contributed by atoms with E-state index in [-0.39, 0.29) is 5.76 Å². The van der Waals surface area contributed by atoms with Gasteiger partial charge in [-0.15, -0.1) is 0 Å². The molecule has 0 aliphatic heterocycles. The van der Waals surface area contributed by atoms with E-state index in [9.17, 15) is 4.79 Å². The molecule has 0 aliphatic carbocycles. The zero-order valence-corrected chi connectivity index (χ0v) is 9.41. The number of furan rings is 1. The highest BCUT2D eigenvalue weighted by molar-refractivity contribution is 6.31. The monoisotopic (exact) mass is 235 g/mol. The van der Waals surface area contributed by atoms with E-state index >= 15 is 0 Å². The molecule has 16 heavy (non-hydrogen) atoms. The molecule has 3 nitrogen and oxygen atoms in total. The van der Waals surface area contributed by atoms with Gasteiger partial charge in [-0.05, 0) is 30.7 Å². The molecular weight excluding hydrogens is 226 g/mol. The largest absolute Gasteiger partial charge is 0.451 e. The van der Waals surface area contributed by atoms with Crippen molar-refractivity contribution in [1.29, 1.82) is 0 Å². The summed E-state index contributed by atoms with van der Waals surface area (Å²) < 4.78 is 5.29. The van der Waals surface area contributed by atoms with Crippen molar-refractivity contribution in [3.63, 3.8) is 0 Å². The van der Waals surface area contributed by atoms with Gasteiger partial charge in [0, 0.05) is 10.6 Å². The fraction of sp³-hybridized carbons (Fsp3) is 0.0833. The molecule has 1 aromatic carbocycles. The summed E-state index contributed by atoms with van der Waals surface area (Å²) in [6.45, 7) is 1.92. The molecule has 0 saturated heterocycles. The van der Waals surface area contributed by atoms with Gasteiger partial charge in [0.05, 0.1) is 0 Å². The molecule has 2 aromatic rings. The lowest BCUT2D eigenvalue weighted by atomic mass is 10.1. The Bertz CT molecular complexity index is 546. The fourth-order valence-corrected chi connectivity index (χ4v) is 1.55. The van der Waals surface area contributed by atoms with Gasteiger partial charge in [-0.3, -0.25) is 4.79 Å². The third-order valence-corrected chi connectivity index (χ3v) is 2.71. The highest BCUT2D eigenvalue weighted by Gasteiger charge is 2.09. The summed E-state index contributed by atoms with van der Waals surface area (Å²) in [4.78, 5) is 10.9. The number of primary amides is 1. The molecule has 0 bridgehead atoms. The number of hydrogen-bond donors (Lipinski definition) is 1. The lowest BCUT2D eigenvalue weighted by Crippen LogP contribution is -2.09. The van der Waals surface area contributed by atoms with E-state index in [4.69, 9.17) is 21.8 Å². The van der Waals surface area contributed by atoms with Crippen LogP contribution < -0.4 is 5.73 Å². The molecule has 2 N–H and O–H groups in total. The van der Waals surface area contributed by atoms with E-state index in [0.717, 1.165) is 11.1 Å². The van der Waals surface area contributed by atoms with Crippen molar-refractivity contribution in [2.45, 2.75) is 6.92 Å². The number of carbonyl (C=O) groups is 1. The molecule has 0 unspecified atom stereocenters. The third kappa shape index (κ3) is 1.95. The van der Waals surface area contributed by atoms with Crippen molar-refractivity contribution >= 4 is 17.5 Å². The van der Waals surface area contributed by atoms with Crippen LogP contribution in [-0.2, 0) is 0 Å². The second kappa shape index (κ2) is 4.02. The molecule has 1 aromatic heterocycles. The second-order valence-electron chi connectivity index (χ2n) is 3.49. The second-order valence-corrected chi connectivity index (χ2v) is 3.90. The molecule has 0 saturated carbocycles. The van der Waals surface area contributed by atoms with Gasteiger partial charge in [-0.1, -0.05) is 23.7 Å². The van der Waals surface area contributed by atoms with Gasteiger partial charge < -0.3 is 10.2 Å². The first-order valence-electron chi connectivity index (χ1n) is 4.74. The Hall–Kier alpha value is -1.74. The van der Waals surface area contributed by atoms with Gasteiger partial charge in [-0.25, -0.2) is 0 Å². The topological polar surface area (TPSA) is 56.2 Å². The van der Waals surface area contributed by atoms with Crippen LogP contribution in [0.25, 0.3) is 11.3 Å². The fourth-order valence-electron chi connectivity index (χ4n) is 1.37.